The number of phenolic OH excluding ortho intramolecular Hbond substituents is 1. The van der Waals surface area contributed by atoms with E-state index in [1.54, 1.807) is 36.6 Å². The third kappa shape index (κ3) is 6.20. The smallest absolute Gasteiger partial charge is 0.343 e. The van der Waals surface area contributed by atoms with Crippen molar-refractivity contribution in [3.63, 3.8) is 0 Å². The molecular weight excluding hydrogens is 570 g/mol. The Labute approximate surface area is 252 Å². The van der Waals surface area contributed by atoms with Gasteiger partial charge in [-0.3, -0.25) is 15.6 Å². The van der Waals surface area contributed by atoms with Gasteiger partial charge >= 0.3 is 5.97 Å². The number of rotatable bonds is 6. The molecule has 0 bridgehead atoms. The zero-order valence-electron chi connectivity index (χ0n) is 24.7. The van der Waals surface area contributed by atoms with Gasteiger partial charge in [-0.15, -0.1) is 0 Å². The first kappa shape index (κ1) is 31.6. The number of carbonyl (C=O) groups excluding carboxylic acids is 1. The molecule has 0 saturated heterocycles. The summed E-state index contributed by atoms with van der Waals surface area (Å²) in [7, 11) is 3.86. The first-order valence-corrected chi connectivity index (χ1v) is 13.5. The fraction of sp³-hybridized carbons (Fsp3) is 0.321. The van der Waals surface area contributed by atoms with E-state index in [9.17, 15) is 19.8 Å². The van der Waals surface area contributed by atoms with Crippen LogP contribution in [0.25, 0.3) is 22.3 Å². The molecule has 232 valence electrons. The highest BCUT2D eigenvalue weighted by molar-refractivity contribution is 6.29. The summed E-state index contributed by atoms with van der Waals surface area (Å²) in [5.41, 5.74) is 16.9. The molecule has 2 aliphatic heterocycles. The molecule has 0 aliphatic carbocycles. The van der Waals surface area contributed by atoms with Gasteiger partial charge in [0, 0.05) is 28.6 Å². The number of nitrogens with zero attached hydrogens (tertiary/aromatic N) is 5. The van der Waals surface area contributed by atoms with Crippen LogP contribution in [-0.4, -0.2) is 68.6 Å². The molecule has 5 rings (SSSR count). The van der Waals surface area contributed by atoms with Crippen LogP contribution in [0.1, 0.15) is 42.5 Å². The molecule has 3 aromatic rings. The molecule has 0 radical (unpaired) electrons. The summed E-state index contributed by atoms with van der Waals surface area (Å²) in [6, 6.07) is 7.05. The lowest BCUT2D eigenvalue weighted by Gasteiger charge is -2.31. The molecular formula is C28H35N11O5. The van der Waals surface area contributed by atoms with Gasteiger partial charge in [-0.05, 0) is 51.7 Å². The average Bonchev–Trinajstić information content (AvgIpc) is 3.32. The number of hydrogen-bond donors (Lipinski definition) is 8. The van der Waals surface area contributed by atoms with Crippen LogP contribution in [0.3, 0.4) is 0 Å². The number of fused-ring (bicyclic) bond motifs is 5. The average molecular weight is 606 g/mol. The van der Waals surface area contributed by atoms with E-state index in [2.05, 4.69) is 21.1 Å². The maximum atomic E-state index is 13.2. The number of nitrogens with one attached hydrogen (secondary N) is 4. The fourth-order valence-corrected chi connectivity index (χ4v) is 4.95. The first-order valence-electron chi connectivity index (χ1n) is 13.5. The highest BCUT2D eigenvalue weighted by Crippen LogP contribution is 2.39. The molecule has 44 heavy (non-hydrogen) atoms. The molecule has 4 heterocycles. The molecule has 16 heteroatoms. The Kier molecular flexibility index (Phi) is 8.96. The zero-order chi connectivity index (χ0) is 32.3. The monoisotopic (exact) mass is 605 g/mol. The van der Waals surface area contributed by atoms with Gasteiger partial charge in [0.05, 0.1) is 40.9 Å². The zero-order valence-corrected chi connectivity index (χ0v) is 24.7. The standard InChI is InChI=1S/C23H23N3O5.C5H12N8/c1-4-23(30)16-8-18-20-12(9-26(18)21(28)15(16)11-31-22(23)29)7-13-14(10-25(2)3)19(27)6-5-17(13)24-20;1-3(11-13-5(8)9)2-10-12-4(6)7/h5-8,27,30H,4,9-11H2,1-3H3;2H,1H3,(H4,6,7,12)(H4,8,9,13)/b;10-2+,11-3+/t23-;/m0./s1. The number of aromatic hydroxyl groups is 1. The minimum absolute atomic E-state index is 0.104. The van der Waals surface area contributed by atoms with E-state index in [4.69, 9.17) is 32.0 Å². The first-order chi connectivity index (χ1) is 20.8. The predicted octanol–water partition coefficient (Wildman–Crippen LogP) is 0.161. The summed E-state index contributed by atoms with van der Waals surface area (Å²) < 4.78 is 6.71. The van der Waals surface area contributed by atoms with Crippen LogP contribution in [-0.2, 0) is 34.8 Å². The van der Waals surface area contributed by atoms with Crippen LogP contribution in [0.2, 0.25) is 0 Å². The topological polar surface area (TPSA) is 253 Å². The van der Waals surface area contributed by atoms with Gasteiger partial charge in [-0.25, -0.2) is 20.6 Å². The van der Waals surface area contributed by atoms with Gasteiger partial charge in [0.25, 0.3) is 5.56 Å². The highest BCUT2D eigenvalue weighted by atomic mass is 16.6. The van der Waals surface area contributed by atoms with Gasteiger partial charge < -0.3 is 35.9 Å². The number of nitrogens with two attached hydrogens (primary N) is 2. The van der Waals surface area contributed by atoms with E-state index < -0.39 is 11.6 Å². The summed E-state index contributed by atoms with van der Waals surface area (Å²) >= 11 is 0. The Bertz CT molecular complexity index is 1780. The minimum Gasteiger partial charge on any atom is -0.508 e. The third-order valence-electron chi connectivity index (χ3n) is 7.04. The van der Waals surface area contributed by atoms with E-state index in [0.29, 0.717) is 46.8 Å². The van der Waals surface area contributed by atoms with Crippen molar-refractivity contribution in [2.75, 3.05) is 14.1 Å². The number of pyridine rings is 2. The molecule has 0 saturated carbocycles. The Morgan fingerprint density at radius 3 is 2.57 bits per heavy atom. The van der Waals surface area contributed by atoms with Crippen molar-refractivity contribution < 1.29 is 19.7 Å². The van der Waals surface area contributed by atoms with Crippen LogP contribution in [0, 0.1) is 10.8 Å². The van der Waals surface area contributed by atoms with Crippen LogP contribution in [0.15, 0.2) is 39.3 Å². The molecule has 1 aromatic carbocycles. The third-order valence-corrected chi connectivity index (χ3v) is 7.04. The number of guanidine groups is 2. The van der Waals surface area contributed by atoms with Crippen LogP contribution < -0.4 is 27.9 Å². The van der Waals surface area contributed by atoms with Gasteiger partial charge in [0.2, 0.25) is 11.9 Å². The van der Waals surface area contributed by atoms with Gasteiger partial charge in [0.15, 0.2) is 5.60 Å². The van der Waals surface area contributed by atoms with Crippen LogP contribution in [0.4, 0.5) is 0 Å². The summed E-state index contributed by atoms with van der Waals surface area (Å²) in [6.45, 7) is 4.05. The lowest BCUT2D eigenvalue weighted by Crippen LogP contribution is -2.44. The van der Waals surface area contributed by atoms with E-state index in [0.717, 1.165) is 16.5 Å². The Morgan fingerprint density at radius 1 is 1.23 bits per heavy atom. The summed E-state index contributed by atoms with van der Waals surface area (Å²) in [4.78, 5) is 32.3. The number of esters is 1. The van der Waals surface area contributed by atoms with Crippen LogP contribution >= 0.6 is 0 Å². The van der Waals surface area contributed by atoms with E-state index in [1.807, 2.05) is 25.1 Å². The normalized spacial score (nSPS) is 17.0. The lowest BCUT2D eigenvalue weighted by molar-refractivity contribution is -0.172. The molecule has 2 aliphatic rings. The molecule has 1 atom stereocenters. The van der Waals surface area contributed by atoms with E-state index in [-0.39, 0.29) is 36.3 Å². The number of carbonyl (C=O) groups is 1. The Balaban J connectivity index is 0.000000289. The number of phenols is 1. The number of cyclic esters (lactones) is 1. The summed E-state index contributed by atoms with van der Waals surface area (Å²) in [5.74, 6) is -1.05. The van der Waals surface area contributed by atoms with Crippen molar-refractivity contribution >= 4 is 40.7 Å². The van der Waals surface area contributed by atoms with Crippen LogP contribution in [0.5, 0.6) is 5.75 Å². The van der Waals surface area contributed by atoms with Gasteiger partial charge in [-0.1, -0.05) is 6.92 Å². The molecule has 0 amide bonds. The molecule has 10 N–H and O–H groups in total. The molecule has 2 aromatic heterocycles. The Hall–Kier alpha value is -5.35. The van der Waals surface area contributed by atoms with Crippen molar-refractivity contribution in [2.45, 2.75) is 45.6 Å². The van der Waals surface area contributed by atoms with Crippen molar-refractivity contribution in [1.29, 1.82) is 10.8 Å². The maximum Gasteiger partial charge on any atom is 0.343 e. The second-order valence-electron chi connectivity index (χ2n) is 10.5. The maximum absolute atomic E-state index is 13.2. The highest BCUT2D eigenvalue weighted by Gasteiger charge is 2.45. The molecule has 16 nitrogen and oxygen atoms in total. The number of aliphatic hydroxyl groups is 1. The number of ether oxygens (including phenoxy) is 1. The Morgan fingerprint density at radius 2 is 1.93 bits per heavy atom. The fourth-order valence-electron chi connectivity index (χ4n) is 4.95. The quantitative estimate of drug-likeness (QED) is 0.0636. The van der Waals surface area contributed by atoms with Crippen molar-refractivity contribution in [3.05, 3.63) is 56.9 Å². The van der Waals surface area contributed by atoms with E-state index in [1.165, 1.54) is 6.21 Å². The number of hydrogen-bond acceptors (Lipinski definition) is 11. The second kappa shape index (κ2) is 12.5. The van der Waals surface area contributed by atoms with Crippen molar-refractivity contribution in [1.82, 2.24) is 25.3 Å². The van der Waals surface area contributed by atoms with Gasteiger partial charge in [0.1, 0.15) is 12.4 Å². The largest absolute Gasteiger partial charge is 0.508 e. The number of aromatic nitrogens is 2. The minimum atomic E-state index is -1.84. The van der Waals surface area contributed by atoms with Crippen molar-refractivity contribution in [3.8, 4) is 17.1 Å². The van der Waals surface area contributed by atoms with Crippen molar-refractivity contribution in [2.24, 2.45) is 21.7 Å². The second-order valence-corrected chi connectivity index (χ2v) is 10.5. The lowest BCUT2D eigenvalue weighted by atomic mass is 9.86. The van der Waals surface area contributed by atoms with Gasteiger partial charge in [-0.2, -0.15) is 10.2 Å². The predicted molar refractivity (Wildman–Crippen MR) is 165 cm³/mol. The number of benzene rings is 1. The SMILES string of the molecule is CC(/C=N/NC(=N)N)=N\NC(=N)N.CC[C@@]1(O)C(=O)OCc2c1cc1n(c2=O)Cc2cc3c(CN(C)C)c(O)ccc3nc2-1. The molecule has 0 spiro atoms. The number of hydrazone groups is 2. The summed E-state index contributed by atoms with van der Waals surface area (Å²) in [5, 5.41) is 42.9. The summed E-state index contributed by atoms with van der Waals surface area (Å²) in [6.07, 6.45) is 1.43. The molecule has 0 unspecified atom stereocenters. The van der Waals surface area contributed by atoms with E-state index >= 15 is 0 Å². The molecule has 0 fully saturated rings.